The average Bonchev–Trinajstić information content (AvgIpc) is 2.95. The van der Waals surface area contributed by atoms with Gasteiger partial charge in [0.15, 0.2) is 5.62 Å². The predicted molar refractivity (Wildman–Crippen MR) is 96.2 cm³/mol. The zero-order chi connectivity index (χ0) is 17.8. The lowest BCUT2D eigenvalue weighted by molar-refractivity contribution is -0.130. The summed E-state index contributed by atoms with van der Waals surface area (Å²) in [6.45, 7) is 1.01. The second kappa shape index (κ2) is 7.25. The van der Waals surface area contributed by atoms with Gasteiger partial charge in [0.1, 0.15) is 5.75 Å². The first kappa shape index (κ1) is 16.8. The summed E-state index contributed by atoms with van der Waals surface area (Å²) in [7, 11) is 3.42. The molecule has 0 bridgehead atoms. The van der Waals surface area contributed by atoms with Gasteiger partial charge in [-0.05, 0) is 29.8 Å². The molecule has 0 atom stereocenters. The fourth-order valence-electron chi connectivity index (χ4n) is 2.89. The van der Waals surface area contributed by atoms with E-state index in [1.807, 2.05) is 53.1 Å². The topological polar surface area (TPSA) is 74.1 Å². The number of imidazole rings is 1. The van der Waals surface area contributed by atoms with Crippen molar-refractivity contribution in [2.75, 3.05) is 14.2 Å². The van der Waals surface area contributed by atoms with Gasteiger partial charge in [0, 0.05) is 26.6 Å². The van der Waals surface area contributed by atoms with Crippen molar-refractivity contribution in [1.29, 1.82) is 5.41 Å². The molecule has 130 valence electrons. The number of aromatic nitrogens is 2. The van der Waals surface area contributed by atoms with Crippen molar-refractivity contribution in [2.45, 2.75) is 19.5 Å². The van der Waals surface area contributed by atoms with Crippen LogP contribution in [0.25, 0.3) is 11.0 Å². The number of benzene rings is 2. The fourth-order valence-corrected chi connectivity index (χ4v) is 2.89. The molecule has 1 aromatic heterocycles. The summed E-state index contributed by atoms with van der Waals surface area (Å²) in [5.74, 6) is 0.826. The van der Waals surface area contributed by atoms with E-state index in [9.17, 15) is 4.79 Å². The van der Waals surface area contributed by atoms with Crippen molar-refractivity contribution in [3.63, 3.8) is 0 Å². The number of carbonyl (C=O) groups is 1. The second-order valence-electron chi connectivity index (χ2n) is 5.99. The minimum atomic E-state index is 0.0417. The SMILES string of the molecule is COc1cccc(CN(C)C(=O)CCn2c(=N)[nH]c3ccccc32)c1. The maximum atomic E-state index is 12.5. The summed E-state index contributed by atoms with van der Waals surface area (Å²) >= 11 is 0. The maximum Gasteiger partial charge on any atom is 0.224 e. The minimum Gasteiger partial charge on any atom is -0.497 e. The molecule has 0 fully saturated rings. The number of rotatable bonds is 6. The number of H-pyrrole nitrogens is 1. The Hall–Kier alpha value is -3.02. The monoisotopic (exact) mass is 338 g/mol. The first-order valence-corrected chi connectivity index (χ1v) is 8.17. The molecule has 0 saturated heterocycles. The third-order valence-electron chi connectivity index (χ3n) is 4.25. The number of carbonyl (C=O) groups excluding carboxylic acids is 1. The average molecular weight is 338 g/mol. The van der Waals surface area contributed by atoms with Gasteiger partial charge in [-0.25, -0.2) is 0 Å². The van der Waals surface area contributed by atoms with Crippen molar-refractivity contribution in [1.82, 2.24) is 14.5 Å². The summed E-state index contributed by atoms with van der Waals surface area (Å²) in [5.41, 5.74) is 3.18. The first-order chi connectivity index (χ1) is 12.1. The Morgan fingerprint density at radius 1 is 1.24 bits per heavy atom. The molecule has 1 heterocycles. The quantitative estimate of drug-likeness (QED) is 0.725. The van der Waals surface area contributed by atoms with Crippen molar-refractivity contribution in [2.24, 2.45) is 0 Å². The van der Waals surface area contributed by atoms with Crippen LogP contribution in [0.4, 0.5) is 0 Å². The summed E-state index contributed by atoms with van der Waals surface area (Å²) in [6.07, 6.45) is 0.346. The lowest BCUT2D eigenvalue weighted by Gasteiger charge is -2.18. The first-order valence-electron chi connectivity index (χ1n) is 8.17. The summed E-state index contributed by atoms with van der Waals surface area (Å²) in [4.78, 5) is 17.2. The summed E-state index contributed by atoms with van der Waals surface area (Å²) in [5, 5.41) is 8.04. The number of aromatic amines is 1. The molecule has 0 saturated carbocycles. The van der Waals surface area contributed by atoms with Gasteiger partial charge in [0.05, 0.1) is 18.1 Å². The Morgan fingerprint density at radius 3 is 2.84 bits per heavy atom. The standard InChI is InChI=1S/C19H22N4O2/c1-22(13-14-6-5-7-15(12-14)25-2)18(24)10-11-23-17-9-4-3-8-16(17)21-19(23)20/h3-9,12H,10-11,13H2,1-2H3,(H2,20,21). The van der Waals surface area contributed by atoms with Gasteiger partial charge >= 0.3 is 0 Å². The third-order valence-corrected chi connectivity index (χ3v) is 4.25. The molecule has 1 amide bonds. The highest BCUT2D eigenvalue weighted by Crippen LogP contribution is 2.14. The molecule has 2 aromatic carbocycles. The van der Waals surface area contributed by atoms with Gasteiger partial charge < -0.3 is 19.2 Å². The summed E-state index contributed by atoms with van der Waals surface area (Å²) in [6, 6.07) is 15.4. The van der Waals surface area contributed by atoms with Crippen molar-refractivity contribution in [3.05, 3.63) is 59.7 Å². The van der Waals surface area contributed by atoms with Gasteiger partial charge in [-0.2, -0.15) is 0 Å². The molecule has 0 aliphatic heterocycles. The number of hydrogen-bond acceptors (Lipinski definition) is 3. The molecular weight excluding hydrogens is 316 g/mol. The highest BCUT2D eigenvalue weighted by atomic mass is 16.5. The normalized spacial score (nSPS) is 10.8. The van der Waals surface area contributed by atoms with Gasteiger partial charge in [-0.15, -0.1) is 0 Å². The van der Waals surface area contributed by atoms with E-state index in [1.54, 1.807) is 19.1 Å². The number of nitrogens with one attached hydrogen (secondary N) is 2. The molecule has 3 aromatic rings. The third kappa shape index (κ3) is 3.74. The number of methoxy groups -OCH3 is 1. The molecule has 3 rings (SSSR count). The van der Waals surface area contributed by atoms with Crippen LogP contribution in [0.3, 0.4) is 0 Å². The van der Waals surface area contributed by atoms with E-state index in [-0.39, 0.29) is 5.91 Å². The van der Waals surface area contributed by atoms with E-state index in [2.05, 4.69) is 4.98 Å². The van der Waals surface area contributed by atoms with E-state index in [0.29, 0.717) is 25.1 Å². The van der Waals surface area contributed by atoms with Crippen LogP contribution in [0.5, 0.6) is 5.75 Å². The number of aryl methyl sites for hydroxylation is 1. The van der Waals surface area contributed by atoms with Crippen LogP contribution >= 0.6 is 0 Å². The Labute approximate surface area is 146 Å². The fraction of sp³-hybridized carbons (Fsp3) is 0.263. The minimum absolute atomic E-state index is 0.0417. The van der Waals surface area contributed by atoms with E-state index >= 15 is 0 Å². The molecule has 2 N–H and O–H groups in total. The number of para-hydroxylation sites is 2. The highest BCUT2D eigenvalue weighted by molar-refractivity contribution is 5.77. The molecule has 0 radical (unpaired) electrons. The Bertz CT molecular complexity index is 942. The Morgan fingerprint density at radius 2 is 2.04 bits per heavy atom. The van der Waals surface area contributed by atoms with E-state index < -0.39 is 0 Å². The van der Waals surface area contributed by atoms with Crippen molar-refractivity contribution < 1.29 is 9.53 Å². The van der Waals surface area contributed by atoms with Gasteiger partial charge in [-0.3, -0.25) is 10.2 Å². The molecule has 25 heavy (non-hydrogen) atoms. The highest BCUT2D eigenvalue weighted by Gasteiger charge is 2.11. The number of hydrogen-bond donors (Lipinski definition) is 2. The Kier molecular flexibility index (Phi) is 4.88. The molecule has 0 aliphatic rings. The van der Waals surface area contributed by atoms with Gasteiger partial charge in [0.25, 0.3) is 0 Å². The number of fused-ring (bicyclic) bond motifs is 1. The smallest absolute Gasteiger partial charge is 0.224 e. The van der Waals surface area contributed by atoms with Gasteiger partial charge in [-0.1, -0.05) is 24.3 Å². The summed E-state index contributed by atoms with van der Waals surface area (Å²) < 4.78 is 7.04. The predicted octanol–water partition coefficient (Wildman–Crippen LogP) is 2.51. The number of ether oxygens (including phenoxy) is 1. The van der Waals surface area contributed by atoms with Crippen LogP contribution in [-0.4, -0.2) is 34.5 Å². The molecule has 6 nitrogen and oxygen atoms in total. The number of nitrogens with zero attached hydrogens (tertiary/aromatic N) is 2. The molecule has 6 heteroatoms. The van der Waals surface area contributed by atoms with Crippen LogP contribution in [0.1, 0.15) is 12.0 Å². The molecule has 0 aliphatic carbocycles. The van der Waals surface area contributed by atoms with E-state index in [0.717, 1.165) is 22.3 Å². The Balaban J connectivity index is 1.65. The van der Waals surface area contributed by atoms with Gasteiger partial charge in [0.2, 0.25) is 5.91 Å². The van der Waals surface area contributed by atoms with E-state index in [4.69, 9.17) is 10.1 Å². The largest absolute Gasteiger partial charge is 0.497 e. The zero-order valence-corrected chi connectivity index (χ0v) is 14.5. The lowest BCUT2D eigenvalue weighted by Crippen LogP contribution is -2.28. The van der Waals surface area contributed by atoms with Crippen LogP contribution in [0, 0.1) is 5.41 Å². The maximum absolute atomic E-state index is 12.5. The lowest BCUT2D eigenvalue weighted by atomic mass is 10.2. The molecular formula is C19H22N4O2. The van der Waals surface area contributed by atoms with Crippen molar-refractivity contribution >= 4 is 16.9 Å². The molecule has 0 spiro atoms. The van der Waals surface area contributed by atoms with Crippen LogP contribution in [0.2, 0.25) is 0 Å². The van der Waals surface area contributed by atoms with Crippen LogP contribution in [0.15, 0.2) is 48.5 Å². The van der Waals surface area contributed by atoms with Crippen LogP contribution in [-0.2, 0) is 17.9 Å². The van der Waals surface area contributed by atoms with Crippen molar-refractivity contribution in [3.8, 4) is 5.75 Å². The molecule has 0 unspecified atom stereocenters. The zero-order valence-electron chi connectivity index (χ0n) is 14.5. The number of amides is 1. The second-order valence-corrected chi connectivity index (χ2v) is 5.99. The van der Waals surface area contributed by atoms with E-state index in [1.165, 1.54) is 0 Å². The van der Waals surface area contributed by atoms with Crippen LogP contribution < -0.4 is 10.4 Å².